The van der Waals surface area contributed by atoms with Crippen molar-refractivity contribution in [3.63, 3.8) is 0 Å². The fourth-order valence-corrected chi connectivity index (χ4v) is 2.08. The third-order valence-corrected chi connectivity index (χ3v) is 2.88. The van der Waals surface area contributed by atoms with Gasteiger partial charge in [0.1, 0.15) is 0 Å². The molecule has 0 saturated carbocycles. The van der Waals surface area contributed by atoms with Crippen molar-refractivity contribution < 1.29 is 13.2 Å². The minimum atomic E-state index is -4.38. The molecular formula is C11H13F3N2. The maximum atomic E-state index is 12.6. The van der Waals surface area contributed by atoms with Gasteiger partial charge in [0.2, 0.25) is 0 Å². The molecule has 1 unspecified atom stereocenters. The van der Waals surface area contributed by atoms with Gasteiger partial charge in [-0.1, -0.05) is 12.1 Å². The molecule has 1 aliphatic heterocycles. The number of nitrogens with two attached hydrogens (primary N) is 1. The van der Waals surface area contributed by atoms with Crippen LogP contribution in [-0.4, -0.2) is 6.54 Å². The van der Waals surface area contributed by atoms with Crippen LogP contribution in [0.3, 0.4) is 0 Å². The average molecular weight is 230 g/mol. The van der Waals surface area contributed by atoms with Crippen LogP contribution in [0.2, 0.25) is 0 Å². The lowest BCUT2D eigenvalue weighted by Gasteiger charge is -2.17. The summed E-state index contributed by atoms with van der Waals surface area (Å²) in [6.07, 6.45) is -2.56. The number of halogens is 3. The number of anilines is 1. The van der Waals surface area contributed by atoms with Crippen molar-refractivity contribution in [3.05, 3.63) is 29.3 Å². The zero-order chi connectivity index (χ0) is 11.8. The Morgan fingerprint density at radius 3 is 2.62 bits per heavy atom. The van der Waals surface area contributed by atoms with Gasteiger partial charge in [0.25, 0.3) is 0 Å². The first-order valence-corrected chi connectivity index (χ1v) is 5.19. The molecule has 5 heteroatoms. The predicted molar refractivity (Wildman–Crippen MR) is 55.8 cm³/mol. The summed E-state index contributed by atoms with van der Waals surface area (Å²) in [6, 6.07) is 4.05. The standard InChI is InChI=1S/C11H13F3N2/c12-11(13,14)8-4-1-3-7(10(8)15)9-5-2-6-16-9/h1,3-4,9,16H,2,5-6,15H2. The summed E-state index contributed by atoms with van der Waals surface area (Å²) >= 11 is 0. The van der Waals surface area contributed by atoms with Crippen LogP contribution in [0.25, 0.3) is 0 Å². The fraction of sp³-hybridized carbons (Fsp3) is 0.455. The van der Waals surface area contributed by atoms with Gasteiger partial charge >= 0.3 is 6.18 Å². The van der Waals surface area contributed by atoms with Crippen molar-refractivity contribution in [1.82, 2.24) is 5.32 Å². The van der Waals surface area contributed by atoms with Crippen LogP contribution in [0.5, 0.6) is 0 Å². The van der Waals surface area contributed by atoms with Gasteiger partial charge in [0, 0.05) is 11.7 Å². The molecule has 0 aliphatic carbocycles. The molecule has 3 N–H and O–H groups in total. The van der Waals surface area contributed by atoms with E-state index in [1.165, 1.54) is 6.07 Å². The summed E-state index contributed by atoms with van der Waals surface area (Å²) in [4.78, 5) is 0. The van der Waals surface area contributed by atoms with E-state index in [0.717, 1.165) is 25.5 Å². The summed E-state index contributed by atoms with van der Waals surface area (Å²) in [5.41, 5.74) is 5.27. The van der Waals surface area contributed by atoms with Gasteiger partial charge in [0.15, 0.2) is 0 Å². The van der Waals surface area contributed by atoms with Crippen molar-refractivity contribution >= 4 is 5.69 Å². The lowest BCUT2D eigenvalue weighted by Crippen LogP contribution is -2.17. The molecule has 2 nitrogen and oxygen atoms in total. The van der Waals surface area contributed by atoms with Crippen LogP contribution >= 0.6 is 0 Å². The molecule has 1 heterocycles. The minimum Gasteiger partial charge on any atom is -0.398 e. The summed E-state index contributed by atoms with van der Waals surface area (Å²) in [5, 5.41) is 3.15. The van der Waals surface area contributed by atoms with Crippen LogP contribution < -0.4 is 11.1 Å². The first-order valence-electron chi connectivity index (χ1n) is 5.19. The first kappa shape index (κ1) is 11.3. The molecule has 1 aliphatic rings. The second-order valence-electron chi connectivity index (χ2n) is 3.96. The molecule has 1 aromatic rings. The van der Waals surface area contributed by atoms with E-state index in [2.05, 4.69) is 5.32 Å². The Hall–Kier alpha value is -1.23. The van der Waals surface area contributed by atoms with E-state index in [9.17, 15) is 13.2 Å². The number of rotatable bonds is 1. The Balaban J connectivity index is 2.40. The molecule has 1 aromatic carbocycles. The van der Waals surface area contributed by atoms with Crippen LogP contribution in [0, 0.1) is 0 Å². The number of alkyl halides is 3. The van der Waals surface area contributed by atoms with Gasteiger partial charge < -0.3 is 11.1 Å². The number of hydrogen-bond acceptors (Lipinski definition) is 2. The van der Waals surface area contributed by atoms with E-state index in [0.29, 0.717) is 5.56 Å². The topological polar surface area (TPSA) is 38.0 Å². The number of para-hydroxylation sites is 1. The lowest BCUT2D eigenvalue weighted by atomic mass is 9.99. The smallest absolute Gasteiger partial charge is 0.398 e. The van der Waals surface area contributed by atoms with Gasteiger partial charge in [-0.2, -0.15) is 13.2 Å². The monoisotopic (exact) mass is 230 g/mol. The Bertz CT molecular complexity index is 381. The fourth-order valence-electron chi connectivity index (χ4n) is 2.08. The first-order chi connectivity index (χ1) is 7.50. The van der Waals surface area contributed by atoms with Crippen LogP contribution in [0.15, 0.2) is 18.2 Å². The maximum absolute atomic E-state index is 12.6. The molecular weight excluding hydrogens is 217 g/mol. The van der Waals surface area contributed by atoms with E-state index >= 15 is 0 Å². The SMILES string of the molecule is Nc1c(C2CCCN2)cccc1C(F)(F)F. The van der Waals surface area contributed by atoms with Crippen LogP contribution in [-0.2, 0) is 6.18 Å². The van der Waals surface area contributed by atoms with Crippen molar-refractivity contribution in [2.45, 2.75) is 25.1 Å². The summed E-state index contributed by atoms with van der Waals surface area (Å²) in [5.74, 6) is 0. The quantitative estimate of drug-likeness (QED) is 0.728. The molecule has 2 rings (SSSR count). The van der Waals surface area contributed by atoms with E-state index in [-0.39, 0.29) is 11.7 Å². The summed E-state index contributed by atoms with van der Waals surface area (Å²) in [6.45, 7) is 0.834. The van der Waals surface area contributed by atoms with Gasteiger partial charge in [-0.05, 0) is 31.0 Å². The minimum absolute atomic E-state index is 0.0395. The molecule has 0 spiro atoms. The highest BCUT2D eigenvalue weighted by Crippen LogP contribution is 2.38. The number of hydrogen-bond donors (Lipinski definition) is 2. The zero-order valence-corrected chi connectivity index (χ0v) is 8.64. The highest BCUT2D eigenvalue weighted by molar-refractivity contribution is 5.56. The van der Waals surface area contributed by atoms with Crippen LogP contribution in [0.1, 0.15) is 30.0 Å². The molecule has 88 valence electrons. The number of benzene rings is 1. The lowest BCUT2D eigenvalue weighted by molar-refractivity contribution is -0.136. The Morgan fingerprint density at radius 1 is 1.31 bits per heavy atom. The third kappa shape index (κ3) is 2.00. The van der Waals surface area contributed by atoms with E-state index in [4.69, 9.17) is 5.73 Å². The molecule has 0 bridgehead atoms. The van der Waals surface area contributed by atoms with Crippen molar-refractivity contribution in [2.75, 3.05) is 12.3 Å². The van der Waals surface area contributed by atoms with Gasteiger partial charge in [-0.3, -0.25) is 0 Å². The molecule has 0 amide bonds. The van der Waals surface area contributed by atoms with Crippen molar-refractivity contribution in [3.8, 4) is 0 Å². The number of nitrogen functional groups attached to an aromatic ring is 1. The predicted octanol–water partition coefficient (Wildman–Crippen LogP) is 2.71. The van der Waals surface area contributed by atoms with E-state index in [1.807, 2.05) is 0 Å². The Labute approximate surface area is 91.6 Å². The second kappa shape index (κ2) is 3.97. The highest BCUT2D eigenvalue weighted by Gasteiger charge is 2.34. The molecule has 1 saturated heterocycles. The van der Waals surface area contributed by atoms with E-state index < -0.39 is 11.7 Å². The second-order valence-corrected chi connectivity index (χ2v) is 3.96. The Kier molecular flexibility index (Phi) is 2.80. The molecule has 1 atom stereocenters. The van der Waals surface area contributed by atoms with Crippen molar-refractivity contribution in [1.29, 1.82) is 0 Å². The largest absolute Gasteiger partial charge is 0.418 e. The van der Waals surface area contributed by atoms with Gasteiger partial charge in [0.05, 0.1) is 5.56 Å². The summed E-state index contributed by atoms with van der Waals surface area (Å²) in [7, 11) is 0. The van der Waals surface area contributed by atoms with Crippen LogP contribution in [0.4, 0.5) is 18.9 Å². The van der Waals surface area contributed by atoms with E-state index in [1.54, 1.807) is 6.07 Å². The Morgan fingerprint density at radius 2 is 2.06 bits per heavy atom. The summed E-state index contributed by atoms with van der Waals surface area (Å²) < 4.78 is 37.8. The molecule has 0 radical (unpaired) electrons. The molecule has 1 fully saturated rings. The highest BCUT2D eigenvalue weighted by atomic mass is 19.4. The number of nitrogens with one attached hydrogen (secondary N) is 1. The molecule has 0 aromatic heterocycles. The van der Waals surface area contributed by atoms with Crippen molar-refractivity contribution in [2.24, 2.45) is 0 Å². The van der Waals surface area contributed by atoms with Gasteiger partial charge in [-0.25, -0.2) is 0 Å². The third-order valence-electron chi connectivity index (χ3n) is 2.88. The average Bonchev–Trinajstić information content (AvgIpc) is 2.69. The molecule has 16 heavy (non-hydrogen) atoms. The maximum Gasteiger partial charge on any atom is 0.418 e. The van der Waals surface area contributed by atoms with Gasteiger partial charge in [-0.15, -0.1) is 0 Å². The normalized spacial score (nSPS) is 21.3. The zero-order valence-electron chi connectivity index (χ0n) is 8.64.